The number of carboxylic acid groups (broad SMARTS) is 1. The van der Waals surface area contributed by atoms with Gasteiger partial charge in [0.2, 0.25) is 0 Å². The molecule has 1 saturated heterocycles. The lowest BCUT2D eigenvalue weighted by Crippen LogP contribution is -2.61. The van der Waals surface area contributed by atoms with E-state index in [4.69, 9.17) is 10.5 Å². The number of ether oxygens (including phenoxy) is 1. The molecule has 1 unspecified atom stereocenters. The second-order valence-electron chi connectivity index (χ2n) is 4.99. The molecule has 1 atom stereocenters. The predicted octanol–water partition coefficient (Wildman–Crippen LogP) is 1.52. The maximum absolute atomic E-state index is 11.3. The number of hydrogen-bond donors (Lipinski definition) is 2. The first-order valence-corrected chi connectivity index (χ1v) is 6.19. The lowest BCUT2D eigenvalue weighted by molar-refractivity contribution is -0.148. The maximum Gasteiger partial charge on any atom is 0.321 e. The summed E-state index contributed by atoms with van der Waals surface area (Å²) in [5, 5.41) is 11.4. The zero-order valence-corrected chi connectivity index (χ0v) is 10.4. The Bertz CT molecular complexity index is 629. The molecule has 2 aromatic rings. The molecule has 0 amide bonds. The van der Waals surface area contributed by atoms with E-state index in [0.717, 1.165) is 16.3 Å². The van der Waals surface area contributed by atoms with Crippen molar-refractivity contribution in [1.82, 2.24) is 0 Å². The highest BCUT2D eigenvalue weighted by atomic mass is 16.5. The molecule has 0 aliphatic carbocycles. The summed E-state index contributed by atoms with van der Waals surface area (Å²) in [6.07, 6.45) is 0. The number of rotatable bonds is 3. The molecule has 3 N–H and O–H groups in total. The smallest absolute Gasteiger partial charge is 0.321 e. The van der Waals surface area contributed by atoms with Crippen LogP contribution in [0.25, 0.3) is 10.8 Å². The molecule has 0 spiro atoms. The van der Waals surface area contributed by atoms with Gasteiger partial charge in [0.1, 0.15) is 6.04 Å². The van der Waals surface area contributed by atoms with Gasteiger partial charge in [-0.15, -0.1) is 0 Å². The molecular weight excluding hydrogens is 242 g/mol. The van der Waals surface area contributed by atoms with Gasteiger partial charge in [-0.1, -0.05) is 42.5 Å². The number of benzene rings is 2. The van der Waals surface area contributed by atoms with E-state index in [1.54, 1.807) is 0 Å². The van der Waals surface area contributed by atoms with Crippen LogP contribution < -0.4 is 5.73 Å². The summed E-state index contributed by atoms with van der Waals surface area (Å²) >= 11 is 0. The van der Waals surface area contributed by atoms with Gasteiger partial charge in [-0.3, -0.25) is 4.79 Å². The van der Waals surface area contributed by atoms with E-state index in [1.807, 2.05) is 42.5 Å². The Morgan fingerprint density at radius 2 is 1.89 bits per heavy atom. The second-order valence-corrected chi connectivity index (χ2v) is 4.99. The molecule has 1 heterocycles. The minimum atomic E-state index is -0.990. The van der Waals surface area contributed by atoms with Crippen LogP contribution in [-0.4, -0.2) is 30.3 Å². The Labute approximate surface area is 110 Å². The van der Waals surface area contributed by atoms with Gasteiger partial charge >= 0.3 is 5.97 Å². The topological polar surface area (TPSA) is 72.6 Å². The fourth-order valence-corrected chi connectivity index (χ4v) is 2.72. The molecule has 19 heavy (non-hydrogen) atoms. The van der Waals surface area contributed by atoms with E-state index in [0.29, 0.717) is 13.2 Å². The molecule has 1 fully saturated rings. The molecule has 2 aromatic carbocycles. The number of nitrogens with two attached hydrogens (primary N) is 1. The van der Waals surface area contributed by atoms with Gasteiger partial charge in [-0.25, -0.2) is 0 Å². The predicted molar refractivity (Wildman–Crippen MR) is 72.1 cm³/mol. The first-order valence-electron chi connectivity index (χ1n) is 6.19. The molecule has 0 saturated carbocycles. The van der Waals surface area contributed by atoms with E-state index in [2.05, 4.69) is 0 Å². The number of aliphatic carboxylic acids is 1. The number of carboxylic acids is 1. The molecule has 0 aromatic heterocycles. The Morgan fingerprint density at radius 1 is 1.21 bits per heavy atom. The van der Waals surface area contributed by atoms with Crippen molar-refractivity contribution < 1.29 is 14.6 Å². The maximum atomic E-state index is 11.3. The van der Waals surface area contributed by atoms with Gasteiger partial charge in [-0.05, 0) is 16.3 Å². The molecule has 4 heteroatoms. The van der Waals surface area contributed by atoms with Crippen LogP contribution in [0, 0.1) is 0 Å². The third-order valence-corrected chi connectivity index (χ3v) is 3.91. The monoisotopic (exact) mass is 257 g/mol. The van der Waals surface area contributed by atoms with Gasteiger partial charge in [0.25, 0.3) is 0 Å². The summed E-state index contributed by atoms with van der Waals surface area (Å²) in [4.78, 5) is 11.3. The average Bonchev–Trinajstić information content (AvgIpc) is 2.37. The Kier molecular flexibility index (Phi) is 2.77. The summed E-state index contributed by atoms with van der Waals surface area (Å²) in [5.74, 6) is -0.990. The van der Waals surface area contributed by atoms with Gasteiger partial charge in [0.05, 0.1) is 18.6 Å². The average molecular weight is 257 g/mol. The van der Waals surface area contributed by atoms with Crippen molar-refractivity contribution in [3.63, 3.8) is 0 Å². The third-order valence-electron chi connectivity index (χ3n) is 3.91. The van der Waals surface area contributed by atoms with E-state index in [9.17, 15) is 9.90 Å². The van der Waals surface area contributed by atoms with Crippen LogP contribution in [-0.2, 0) is 14.9 Å². The zero-order chi connectivity index (χ0) is 13.5. The van der Waals surface area contributed by atoms with Crippen molar-refractivity contribution in [3.05, 3.63) is 48.0 Å². The number of fused-ring (bicyclic) bond motifs is 1. The van der Waals surface area contributed by atoms with E-state index >= 15 is 0 Å². The summed E-state index contributed by atoms with van der Waals surface area (Å²) in [7, 11) is 0. The van der Waals surface area contributed by atoms with Crippen LogP contribution in [0.4, 0.5) is 0 Å². The van der Waals surface area contributed by atoms with Crippen LogP contribution in [0.3, 0.4) is 0 Å². The molecule has 1 aliphatic heterocycles. The molecule has 4 nitrogen and oxygen atoms in total. The van der Waals surface area contributed by atoms with Crippen LogP contribution in [0.15, 0.2) is 42.5 Å². The SMILES string of the molecule is NC(C(=O)O)C1(c2cccc3ccccc23)COC1. The highest BCUT2D eigenvalue weighted by Crippen LogP contribution is 2.38. The van der Waals surface area contributed by atoms with E-state index in [-0.39, 0.29) is 0 Å². The molecular formula is C15H15NO3. The van der Waals surface area contributed by atoms with E-state index in [1.165, 1.54) is 0 Å². The van der Waals surface area contributed by atoms with Gasteiger partial charge in [0, 0.05) is 0 Å². The Morgan fingerprint density at radius 3 is 2.53 bits per heavy atom. The first-order chi connectivity index (χ1) is 9.15. The summed E-state index contributed by atoms with van der Waals surface area (Å²) < 4.78 is 5.27. The summed E-state index contributed by atoms with van der Waals surface area (Å²) in [6, 6.07) is 12.9. The molecule has 3 rings (SSSR count). The van der Waals surface area contributed by atoms with Crippen LogP contribution >= 0.6 is 0 Å². The second kappa shape index (κ2) is 4.33. The number of hydrogen-bond acceptors (Lipinski definition) is 3. The fourth-order valence-electron chi connectivity index (χ4n) is 2.72. The molecule has 98 valence electrons. The van der Waals surface area contributed by atoms with Gasteiger partial charge in [0.15, 0.2) is 0 Å². The highest BCUT2D eigenvalue weighted by molar-refractivity contribution is 5.88. The molecule has 1 aliphatic rings. The van der Waals surface area contributed by atoms with Crippen molar-refractivity contribution in [2.24, 2.45) is 5.73 Å². The Hall–Kier alpha value is -1.91. The number of carbonyl (C=O) groups is 1. The van der Waals surface area contributed by atoms with Crippen molar-refractivity contribution in [2.45, 2.75) is 11.5 Å². The standard InChI is InChI=1S/C15H15NO3/c16-13(14(17)18)15(8-19-9-15)12-7-3-5-10-4-1-2-6-11(10)12/h1-7,13H,8-9,16H2,(H,17,18). The van der Waals surface area contributed by atoms with Gasteiger partial charge < -0.3 is 15.6 Å². The van der Waals surface area contributed by atoms with Crippen LogP contribution in [0.2, 0.25) is 0 Å². The largest absolute Gasteiger partial charge is 0.480 e. The lowest BCUT2D eigenvalue weighted by atomic mass is 9.71. The van der Waals surface area contributed by atoms with Gasteiger partial charge in [-0.2, -0.15) is 0 Å². The minimum absolute atomic E-state index is 0.356. The Balaban J connectivity index is 2.20. The third kappa shape index (κ3) is 1.72. The van der Waals surface area contributed by atoms with Crippen molar-refractivity contribution in [3.8, 4) is 0 Å². The lowest BCUT2D eigenvalue weighted by Gasteiger charge is -2.44. The van der Waals surface area contributed by atoms with Crippen molar-refractivity contribution >= 4 is 16.7 Å². The summed E-state index contributed by atoms with van der Waals surface area (Å²) in [5.41, 5.74) is 6.25. The first kappa shape index (κ1) is 12.1. The molecule has 0 bridgehead atoms. The summed E-state index contributed by atoms with van der Waals surface area (Å²) in [6.45, 7) is 0.711. The minimum Gasteiger partial charge on any atom is -0.480 e. The molecule has 0 radical (unpaired) electrons. The van der Waals surface area contributed by atoms with Crippen molar-refractivity contribution in [2.75, 3.05) is 13.2 Å². The van der Waals surface area contributed by atoms with Crippen molar-refractivity contribution in [1.29, 1.82) is 0 Å². The highest BCUT2D eigenvalue weighted by Gasteiger charge is 2.49. The normalized spacial score (nSPS) is 18.8. The van der Waals surface area contributed by atoms with E-state index < -0.39 is 17.4 Å². The van der Waals surface area contributed by atoms with Crippen LogP contribution in [0.1, 0.15) is 5.56 Å². The van der Waals surface area contributed by atoms with Crippen LogP contribution in [0.5, 0.6) is 0 Å². The fraction of sp³-hybridized carbons (Fsp3) is 0.267. The zero-order valence-electron chi connectivity index (χ0n) is 10.4. The quantitative estimate of drug-likeness (QED) is 0.874.